The van der Waals surface area contributed by atoms with Crippen molar-refractivity contribution in [2.75, 3.05) is 42.9 Å². The zero-order chi connectivity index (χ0) is 25.7. The van der Waals surface area contributed by atoms with Crippen LogP contribution in [0.1, 0.15) is 30.1 Å². The van der Waals surface area contributed by atoms with Crippen LogP contribution in [0, 0.1) is 5.82 Å². The molecule has 9 nitrogen and oxygen atoms in total. The van der Waals surface area contributed by atoms with E-state index in [1.54, 1.807) is 40.6 Å². The summed E-state index contributed by atoms with van der Waals surface area (Å²) in [7, 11) is 0. The van der Waals surface area contributed by atoms with E-state index in [9.17, 15) is 18.8 Å². The number of hydrogen-bond donors (Lipinski definition) is 1. The van der Waals surface area contributed by atoms with Gasteiger partial charge in [0.15, 0.2) is 10.9 Å². The van der Waals surface area contributed by atoms with Gasteiger partial charge in [-0.3, -0.25) is 14.4 Å². The van der Waals surface area contributed by atoms with Crippen LogP contribution in [0.25, 0.3) is 0 Å². The van der Waals surface area contributed by atoms with Crippen LogP contribution in [0.3, 0.4) is 0 Å². The summed E-state index contributed by atoms with van der Waals surface area (Å²) in [5.41, 5.74) is 1.11. The summed E-state index contributed by atoms with van der Waals surface area (Å²) in [5.74, 6) is -0.926. The van der Waals surface area contributed by atoms with E-state index in [2.05, 4.69) is 10.3 Å². The van der Waals surface area contributed by atoms with Crippen LogP contribution in [0.4, 0.5) is 15.2 Å². The molecular formula is C25H28FN5O4S. The molecule has 1 aliphatic rings. The summed E-state index contributed by atoms with van der Waals surface area (Å²) in [6, 6.07) is 9.59. The van der Waals surface area contributed by atoms with Gasteiger partial charge < -0.3 is 24.4 Å². The predicted octanol–water partition coefficient (Wildman–Crippen LogP) is 3.26. The molecular weight excluding hydrogens is 485 g/mol. The van der Waals surface area contributed by atoms with Gasteiger partial charge in [-0.2, -0.15) is 0 Å². The number of carbonyl (C=O) groups is 3. The van der Waals surface area contributed by atoms with Crippen LogP contribution in [-0.4, -0.2) is 71.3 Å². The maximum absolute atomic E-state index is 14.0. The van der Waals surface area contributed by atoms with Gasteiger partial charge in [0.2, 0.25) is 11.8 Å². The standard InChI is InChI=1S/C25H28FN5O4S/c1-17(2)31(24(34)21-8-5-13-35-21)15-22(32)28-25-27-18(16-36-25)14-23(33)30-11-9-29(10-12-30)20-7-4-3-6-19(20)26/h3-8,13,16-17H,9-12,14-15H2,1-2H3,(H,27,28,32). The lowest BCUT2D eigenvalue weighted by Crippen LogP contribution is -2.49. The number of hydrogen-bond acceptors (Lipinski definition) is 7. The first-order valence-corrected chi connectivity index (χ1v) is 12.6. The fraction of sp³-hybridized carbons (Fsp3) is 0.360. The summed E-state index contributed by atoms with van der Waals surface area (Å²) in [5, 5.41) is 4.80. The minimum Gasteiger partial charge on any atom is -0.459 e. The summed E-state index contributed by atoms with van der Waals surface area (Å²) in [4.78, 5) is 47.4. The molecule has 36 heavy (non-hydrogen) atoms. The number of amides is 3. The van der Waals surface area contributed by atoms with Crippen LogP contribution in [0.5, 0.6) is 0 Å². The molecule has 0 spiro atoms. The Morgan fingerprint density at radius 2 is 1.89 bits per heavy atom. The number of piperazine rings is 1. The van der Waals surface area contributed by atoms with Gasteiger partial charge in [0.05, 0.1) is 24.1 Å². The molecule has 0 atom stereocenters. The molecule has 3 amide bonds. The van der Waals surface area contributed by atoms with E-state index in [0.29, 0.717) is 42.7 Å². The molecule has 0 radical (unpaired) electrons. The largest absolute Gasteiger partial charge is 0.459 e. The topological polar surface area (TPSA) is 99.0 Å². The molecule has 3 heterocycles. The number of halogens is 1. The third kappa shape index (κ3) is 6.09. The zero-order valence-corrected chi connectivity index (χ0v) is 21.0. The van der Waals surface area contributed by atoms with Crippen LogP contribution in [0.15, 0.2) is 52.5 Å². The van der Waals surface area contributed by atoms with Crippen LogP contribution >= 0.6 is 11.3 Å². The molecule has 190 valence electrons. The lowest BCUT2D eigenvalue weighted by Gasteiger charge is -2.36. The van der Waals surface area contributed by atoms with E-state index in [0.717, 1.165) is 0 Å². The Balaban J connectivity index is 1.27. The van der Waals surface area contributed by atoms with Gasteiger partial charge in [-0.25, -0.2) is 9.37 Å². The van der Waals surface area contributed by atoms with Gasteiger partial charge in [-0.1, -0.05) is 12.1 Å². The zero-order valence-electron chi connectivity index (χ0n) is 20.1. The lowest BCUT2D eigenvalue weighted by atomic mass is 10.2. The number of thiazole rings is 1. The first kappa shape index (κ1) is 25.4. The fourth-order valence-electron chi connectivity index (χ4n) is 3.96. The summed E-state index contributed by atoms with van der Waals surface area (Å²) < 4.78 is 19.2. The maximum atomic E-state index is 14.0. The van der Waals surface area contributed by atoms with Crippen molar-refractivity contribution in [3.05, 3.63) is 65.3 Å². The molecule has 11 heteroatoms. The number of nitrogens with one attached hydrogen (secondary N) is 1. The van der Waals surface area contributed by atoms with E-state index in [-0.39, 0.29) is 48.3 Å². The highest BCUT2D eigenvalue weighted by molar-refractivity contribution is 7.13. The molecule has 1 fully saturated rings. The maximum Gasteiger partial charge on any atom is 0.290 e. The molecule has 1 saturated heterocycles. The Kier molecular flexibility index (Phi) is 7.99. The Hall–Kier alpha value is -3.73. The monoisotopic (exact) mass is 513 g/mol. The molecule has 0 saturated carbocycles. The first-order chi connectivity index (χ1) is 17.3. The van der Waals surface area contributed by atoms with E-state index in [1.165, 1.54) is 28.6 Å². The van der Waals surface area contributed by atoms with Crippen molar-refractivity contribution in [2.24, 2.45) is 0 Å². The average molecular weight is 514 g/mol. The molecule has 1 aliphatic heterocycles. The molecule has 2 aromatic heterocycles. The molecule has 0 bridgehead atoms. The smallest absolute Gasteiger partial charge is 0.290 e. The minimum atomic E-state index is -0.389. The van der Waals surface area contributed by atoms with Crippen LogP contribution < -0.4 is 10.2 Å². The number of anilines is 2. The van der Waals surface area contributed by atoms with Gasteiger partial charge in [-0.15, -0.1) is 11.3 Å². The van der Waals surface area contributed by atoms with Crippen molar-refractivity contribution in [3.63, 3.8) is 0 Å². The van der Waals surface area contributed by atoms with Crippen molar-refractivity contribution in [1.29, 1.82) is 0 Å². The molecule has 0 aliphatic carbocycles. The third-order valence-corrected chi connectivity index (χ3v) is 6.69. The van der Waals surface area contributed by atoms with E-state index < -0.39 is 0 Å². The lowest BCUT2D eigenvalue weighted by molar-refractivity contribution is -0.130. The molecule has 1 N–H and O–H groups in total. The SMILES string of the molecule is CC(C)N(CC(=O)Nc1nc(CC(=O)N2CCN(c3ccccc3F)CC2)cs1)C(=O)c1ccco1. The van der Waals surface area contributed by atoms with Crippen molar-refractivity contribution in [1.82, 2.24) is 14.8 Å². The Labute approximate surface area is 212 Å². The number of aromatic nitrogens is 1. The van der Waals surface area contributed by atoms with Gasteiger partial charge in [0, 0.05) is 37.6 Å². The summed E-state index contributed by atoms with van der Waals surface area (Å²) in [6.45, 7) is 5.57. The molecule has 0 unspecified atom stereocenters. The Morgan fingerprint density at radius 3 is 2.56 bits per heavy atom. The van der Waals surface area contributed by atoms with Crippen molar-refractivity contribution in [2.45, 2.75) is 26.3 Å². The van der Waals surface area contributed by atoms with E-state index in [1.807, 2.05) is 18.7 Å². The number of para-hydroxylation sites is 1. The normalized spacial score (nSPS) is 13.7. The van der Waals surface area contributed by atoms with Crippen molar-refractivity contribution < 1.29 is 23.2 Å². The number of nitrogens with zero attached hydrogens (tertiary/aromatic N) is 4. The van der Waals surface area contributed by atoms with Crippen molar-refractivity contribution in [3.8, 4) is 0 Å². The quantitative estimate of drug-likeness (QED) is 0.497. The second kappa shape index (κ2) is 11.3. The molecule has 3 aromatic rings. The highest BCUT2D eigenvalue weighted by Gasteiger charge is 2.25. The average Bonchev–Trinajstić information content (AvgIpc) is 3.55. The van der Waals surface area contributed by atoms with Crippen molar-refractivity contribution >= 4 is 39.9 Å². The van der Waals surface area contributed by atoms with Gasteiger partial charge in [0.25, 0.3) is 5.91 Å². The van der Waals surface area contributed by atoms with Gasteiger partial charge in [0.1, 0.15) is 12.4 Å². The minimum absolute atomic E-state index is 0.0682. The summed E-state index contributed by atoms with van der Waals surface area (Å²) in [6.07, 6.45) is 1.52. The van der Waals surface area contributed by atoms with Gasteiger partial charge in [-0.05, 0) is 38.1 Å². The Bertz CT molecular complexity index is 1200. The van der Waals surface area contributed by atoms with Gasteiger partial charge >= 0.3 is 0 Å². The number of carbonyl (C=O) groups excluding carboxylic acids is 3. The summed E-state index contributed by atoms with van der Waals surface area (Å²) >= 11 is 1.22. The number of furan rings is 1. The molecule has 1 aromatic carbocycles. The Morgan fingerprint density at radius 1 is 1.14 bits per heavy atom. The molecule has 4 rings (SSSR count). The number of rotatable bonds is 8. The van der Waals surface area contributed by atoms with Crippen LogP contribution in [-0.2, 0) is 16.0 Å². The second-order valence-corrected chi connectivity index (χ2v) is 9.55. The van der Waals surface area contributed by atoms with E-state index >= 15 is 0 Å². The highest BCUT2D eigenvalue weighted by Crippen LogP contribution is 2.21. The van der Waals surface area contributed by atoms with Crippen LogP contribution in [0.2, 0.25) is 0 Å². The first-order valence-electron chi connectivity index (χ1n) is 11.7. The second-order valence-electron chi connectivity index (χ2n) is 8.69. The predicted molar refractivity (Wildman–Crippen MR) is 135 cm³/mol. The van der Waals surface area contributed by atoms with E-state index in [4.69, 9.17) is 4.42 Å². The third-order valence-electron chi connectivity index (χ3n) is 5.89. The highest BCUT2D eigenvalue weighted by atomic mass is 32.1. The fourth-order valence-corrected chi connectivity index (χ4v) is 4.69. The number of benzene rings is 1.